The lowest BCUT2D eigenvalue weighted by Crippen LogP contribution is -1.90. The minimum absolute atomic E-state index is 1.28. The van der Waals surface area contributed by atoms with Gasteiger partial charge >= 0.3 is 0 Å². The van der Waals surface area contributed by atoms with Gasteiger partial charge in [-0.05, 0) is 35.7 Å². The third-order valence-corrected chi connectivity index (χ3v) is 9.89. The number of nitrogens with zero attached hydrogens (tertiary/aromatic N) is 1. The van der Waals surface area contributed by atoms with Gasteiger partial charge in [-0.1, -0.05) is 66.7 Å². The summed E-state index contributed by atoms with van der Waals surface area (Å²) < 4.78 is 7.88. The van der Waals surface area contributed by atoms with Crippen molar-refractivity contribution in [3.8, 4) is 0 Å². The first-order valence-electron chi connectivity index (χ1n) is 11.9. The molecule has 0 radical (unpaired) electrons. The van der Waals surface area contributed by atoms with E-state index in [2.05, 4.69) is 108 Å². The minimum atomic E-state index is 1.28. The summed E-state index contributed by atoms with van der Waals surface area (Å²) >= 11 is 3.82. The van der Waals surface area contributed by atoms with Gasteiger partial charge in [-0.15, -0.1) is 22.7 Å². The van der Waals surface area contributed by atoms with Gasteiger partial charge in [-0.3, -0.25) is 0 Å². The highest BCUT2D eigenvalue weighted by atomic mass is 32.1. The Bertz CT molecular complexity index is 2330. The van der Waals surface area contributed by atoms with Crippen molar-refractivity contribution in [2.24, 2.45) is 0 Å². The summed E-state index contributed by atoms with van der Waals surface area (Å²) in [6, 6.07) is 36.0. The van der Waals surface area contributed by atoms with Crippen LogP contribution >= 0.6 is 22.7 Å². The van der Waals surface area contributed by atoms with E-state index in [4.69, 9.17) is 0 Å². The first-order valence-corrected chi connectivity index (χ1v) is 13.5. The van der Waals surface area contributed by atoms with Crippen LogP contribution in [-0.4, -0.2) is 4.40 Å². The van der Waals surface area contributed by atoms with Crippen LogP contribution in [0.5, 0.6) is 0 Å². The SMILES string of the molecule is c1ccc2c(c1)cn1c3ccc4c5ccccc5sc4c3c3cc4c(cc3c21)sc1ccccc14. The fraction of sp³-hybridized carbons (Fsp3) is 0. The molecular weight excluding hydrogens is 462 g/mol. The average molecular weight is 480 g/mol. The van der Waals surface area contributed by atoms with Gasteiger partial charge in [-0.2, -0.15) is 0 Å². The van der Waals surface area contributed by atoms with Gasteiger partial charge in [0.2, 0.25) is 0 Å². The molecule has 0 spiro atoms. The van der Waals surface area contributed by atoms with Gasteiger partial charge in [0.05, 0.1) is 11.0 Å². The highest BCUT2D eigenvalue weighted by molar-refractivity contribution is 7.27. The lowest BCUT2D eigenvalue weighted by Gasteiger charge is -2.11. The highest BCUT2D eigenvalue weighted by Gasteiger charge is 2.18. The predicted molar refractivity (Wildman–Crippen MR) is 156 cm³/mol. The molecule has 0 saturated carbocycles. The second-order valence-electron chi connectivity index (χ2n) is 9.36. The topological polar surface area (TPSA) is 4.41 Å². The van der Waals surface area contributed by atoms with Gasteiger partial charge < -0.3 is 4.40 Å². The minimum Gasteiger partial charge on any atom is -0.315 e. The number of benzene rings is 5. The van der Waals surface area contributed by atoms with Crippen molar-refractivity contribution in [3.05, 3.63) is 103 Å². The number of fused-ring (bicyclic) bond motifs is 15. The first kappa shape index (κ1) is 18.4. The molecule has 1 nitrogen and oxygen atoms in total. The number of hydrogen-bond donors (Lipinski definition) is 0. The molecule has 0 aliphatic carbocycles. The molecule has 4 aromatic heterocycles. The summed E-state index contributed by atoms with van der Waals surface area (Å²) in [4.78, 5) is 0. The maximum atomic E-state index is 2.47. The van der Waals surface area contributed by atoms with E-state index in [-0.39, 0.29) is 0 Å². The third kappa shape index (κ3) is 2.28. The van der Waals surface area contributed by atoms with Crippen LogP contribution in [0.1, 0.15) is 0 Å². The Morgan fingerprint density at radius 2 is 1.20 bits per heavy atom. The van der Waals surface area contributed by atoms with Crippen molar-refractivity contribution in [1.82, 2.24) is 4.40 Å². The van der Waals surface area contributed by atoms with E-state index < -0.39 is 0 Å². The van der Waals surface area contributed by atoms with Crippen molar-refractivity contribution < 1.29 is 0 Å². The zero-order valence-corrected chi connectivity index (χ0v) is 20.2. The summed E-state index contributed by atoms with van der Waals surface area (Å²) in [5.74, 6) is 0. The van der Waals surface area contributed by atoms with Crippen molar-refractivity contribution in [2.45, 2.75) is 0 Å². The molecule has 0 fully saturated rings. The van der Waals surface area contributed by atoms with Gasteiger partial charge in [-0.25, -0.2) is 0 Å². The number of thiophene rings is 2. The molecule has 0 bridgehead atoms. The van der Waals surface area contributed by atoms with Gasteiger partial charge in [0.25, 0.3) is 0 Å². The molecule has 0 aliphatic rings. The maximum absolute atomic E-state index is 2.47. The quantitative estimate of drug-likeness (QED) is 0.191. The van der Waals surface area contributed by atoms with E-state index in [1.165, 1.54) is 78.3 Å². The third-order valence-electron chi connectivity index (χ3n) is 7.55. The molecule has 9 rings (SSSR count). The molecule has 0 unspecified atom stereocenters. The summed E-state index contributed by atoms with van der Waals surface area (Å²) in [5.41, 5.74) is 2.59. The van der Waals surface area contributed by atoms with Crippen LogP contribution in [-0.2, 0) is 0 Å². The van der Waals surface area contributed by atoms with E-state index >= 15 is 0 Å². The van der Waals surface area contributed by atoms with E-state index in [9.17, 15) is 0 Å². The summed E-state index contributed by atoms with van der Waals surface area (Å²) in [7, 11) is 0. The zero-order chi connectivity index (χ0) is 22.7. The van der Waals surface area contributed by atoms with Crippen LogP contribution in [0.4, 0.5) is 0 Å². The largest absolute Gasteiger partial charge is 0.315 e. The lowest BCUT2D eigenvalue weighted by atomic mass is 9.99. The van der Waals surface area contributed by atoms with E-state index in [1.807, 2.05) is 22.7 Å². The van der Waals surface area contributed by atoms with Crippen LogP contribution < -0.4 is 0 Å². The molecule has 0 aliphatic heterocycles. The summed E-state index contributed by atoms with van der Waals surface area (Å²) in [6.07, 6.45) is 2.32. The number of pyridine rings is 1. The Kier molecular flexibility index (Phi) is 3.36. The lowest BCUT2D eigenvalue weighted by molar-refractivity contribution is 1.30. The summed E-state index contributed by atoms with van der Waals surface area (Å²) in [5, 5.41) is 12.1. The first-order chi connectivity index (χ1) is 17.3. The molecule has 4 heterocycles. The average Bonchev–Trinajstić information content (AvgIpc) is 3.58. The Morgan fingerprint density at radius 1 is 0.486 bits per heavy atom. The smallest absolute Gasteiger partial charge is 0.0614 e. The fourth-order valence-corrected chi connectivity index (χ4v) is 8.42. The van der Waals surface area contributed by atoms with Crippen molar-refractivity contribution >= 4 is 101 Å². The Hall–Kier alpha value is -3.92. The molecule has 0 atom stereocenters. The van der Waals surface area contributed by atoms with Crippen LogP contribution in [0.25, 0.3) is 78.3 Å². The fourth-order valence-electron chi connectivity index (χ4n) is 6.04. The molecular formula is C32H17NS2. The second kappa shape index (κ2) is 6.39. The Labute approximate surface area is 208 Å². The van der Waals surface area contributed by atoms with Crippen molar-refractivity contribution in [2.75, 3.05) is 0 Å². The summed E-state index contributed by atoms with van der Waals surface area (Å²) in [6.45, 7) is 0. The Morgan fingerprint density at radius 3 is 2.06 bits per heavy atom. The van der Waals surface area contributed by atoms with Gasteiger partial charge in [0.15, 0.2) is 0 Å². The van der Waals surface area contributed by atoms with Crippen LogP contribution in [0, 0.1) is 0 Å². The van der Waals surface area contributed by atoms with Crippen LogP contribution in [0.15, 0.2) is 103 Å². The van der Waals surface area contributed by atoms with Crippen molar-refractivity contribution in [1.29, 1.82) is 0 Å². The molecule has 162 valence electrons. The van der Waals surface area contributed by atoms with Crippen LogP contribution in [0.3, 0.4) is 0 Å². The standard InChI is InChI=1S/C32H17NS2/c1-2-8-19-18(7-1)17-33-26-14-13-22-20-9-3-6-12-28(20)35-32(22)30(26)24-15-23-21-10-4-5-11-27(21)34-29(23)16-25(24)31(19)33/h1-17H. The number of aromatic nitrogens is 1. The molecule has 3 heteroatoms. The van der Waals surface area contributed by atoms with Crippen LogP contribution in [0.2, 0.25) is 0 Å². The number of hydrogen-bond acceptors (Lipinski definition) is 2. The zero-order valence-electron chi connectivity index (χ0n) is 18.6. The molecule has 35 heavy (non-hydrogen) atoms. The molecule has 0 N–H and O–H groups in total. The number of rotatable bonds is 0. The highest BCUT2D eigenvalue weighted by Crippen LogP contribution is 2.46. The van der Waals surface area contributed by atoms with E-state index in [0.717, 1.165) is 0 Å². The van der Waals surface area contributed by atoms with Gasteiger partial charge in [0.1, 0.15) is 0 Å². The molecule has 9 aromatic rings. The van der Waals surface area contributed by atoms with E-state index in [0.29, 0.717) is 0 Å². The second-order valence-corrected chi connectivity index (χ2v) is 11.5. The van der Waals surface area contributed by atoms with E-state index in [1.54, 1.807) is 0 Å². The Balaban J connectivity index is 1.64. The monoisotopic (exact) mass is 479 g/mol. The molecule has 0 saturated heterocycles. The predicted octanol–water partition coefficient (Wildman–Crippen LogP) is 10.1. The van der Waals surface area contributed by atoms with Gasteiger partial charge in [0, 0.05) is 68.1 Å². The maximum Gasteiger partial charge on any atom is 0.0614 e. The molecule has 5 aromatic carbocycles. The van der Waals surface area contributed by atoms with Crippen molar-refractivity contribution in [3.63, 3.8) is 0 Å². The molecule has 0 amide bonds. The normalized spacial score (nSPS) is 12.6.